The van der Waals surface area contributed by atoms with Gasteiger partial charge in [0.05, 0.1) is 18.4 Å². The second kappa shape index (κ2) is 6.10. The Hall–Kier alpha value is -3.30. The SMILES string of the molecule is O=C1NC2CC(C2)Oc2ncc(F)cc2[C@H]2CCCN2c2ncn3ncc1c3n2. The molecular weight excluding hydrogens is 377 g/mol. The fraction of sp³-hybridized carbons (Fsp3) is 0.421. The van der Waals surface area contributed by atoms with E-state index in [1.165, 1.54) is 23.0 Å². The smallest absolute Gasteiger partial charge is 0.256 e. The molecule has 1 saturated heterocycles. The molecule has 3 aromatic heterocycles. The monoisotopic (exact) mass is 395 g/mol. The lowest BCUT2D eigenvalue weighted by Gasteiger charge is -2.36. The van der Waals surface area contributed by atoms with Crippen molar-refractivity contribution in [2.45, 2.75) is 43.9 Å². The standard InChI is InChI=1S/C19H18FN7O2/c20-10-4-13-15-2-1-3-26(15)19-22-9-27-16(25-19)14(8-23-27)17(28)24-11-5-12(6-11)29-18(13)21-7-10/h4,7-9,11-12,15H,1-3,5-6H2,(H,24,28)/t11?,12?,15-/m1/s1. The summed E-state index contributed by atoms with van der Waals surface area (Å²) in [6.07, 6.45) is 7.27. The van der Waals surface area contributed by atoms with Gasteiger partial charge in [0.15, 0.2) is 5.65 Å². The maximum Gasteiger partial charge on any atom is 0.256 e. The Kier molecular flexibility index (Phi) is 3.50. The summed E-state index contributed by atoms with van der Waals surface area (Å²) in [6, 6.07) is 1.37. The molecule has 3 aliphatic heterocycles. The minimum Gasteiger partial charge on any atom is -0.474 e. The number of hydrogen-bond acceptors (Lipinski definition) is 7. The van der Waals surface area contributed by atoms with Gasteiger partial charge in [-0.15, -0.1) is 0 Å². The van der Waals surface area contributed by atoms with Gasteiger partial charge in [-0.3, -0.25) is 4.79 Å². The van der Waals surface area contributed by atoms with Crippen LogP contribution in [-0.4, -0.2) is 49.2 Å². The molecule has 6 heterocycles. The van der Waals surface area contributed by atoms with Crippen molar-refractivity contribution in [3.8, 4) is 5.88 Å². The number of ether oxygens (including phenoxy) is 1. The van der Waals surface area contributed by atoms with E-state index < -0.39 is 5.82 Å². The van der Waals surface area contributed by atoms with Crippen LogP contribution in [0.5, 0.6) is 5.88 Å². The molecule has 1 aliphatic carbocycles. The van der Waals surface area contributed by atoms with Crippen LogP contribution in [0, 0.1) is 5.82 Å². The van der Waals surface area contributed by atoms with Gasteiger partial charge in [-0.05, 0) is 18.9 Å². The van der Waals surface area contributed by atoms with Crippen LogP contribution >= 0.6 is 0 Å². The zero-order valence-electron chi connectivity index (χ0n) is 15.5. The second-order valence-electron chi connectivity index (χ2n) is 7.76. The predicted octanol–water partition coefficient (Wildman–Crippen LogP) is 1.65. The zero-order valence-corrected chi connectivity index (χ0v) is 15.5. The molecule has 1 atom stereocenters. The number of aromatic nitrogens is 5. The Balaban J connectivity index is 1.52. The largest absolute Gasteiger partial charge is 0.474 e. The van der Waals surface area contributed by atoms with Crippen molar-refractivity contribution in [3.05, 3.63) is 41.7 Å². The third kappa shape index (κ3) is 2.62. The van der Waals surface area contributed by atoms with Gasteiger partial charge < -0.3 is 15.0 Å². The maximum absolute atomic E-state index is 14.1. The Morgan fingerprint density at radius 2 is 2.14 bits per heavy atom. The van der Waals surface area contributed by atoms with Crippen LogP contribution in [0.15, 0.2) is 24.8 Å². The minimum absolute atomic E-state index is 0.0126. The fourth-order valence-electron chi connectivity index (χ4n) is 4.39. The summed E-state index contributed by atoms with van der Waals surface area (Å²) in [5.41, 5.74) is 1.59. The van der Waals surface area contributed by atoms with Crippen molar-refractivity contribution in [2.24, 2.45) is 0 Å². The molecule has 1 saturated carbocycles. The second-order valence-corrected chi connectivity index (χ2v) is 7.76. The van der Waals surface area contributed by atoms with E-state index in [-0.39, 0.29) is 24.1 Å². The third-order valence-corrected chi connectivity index (χ3v) is 5.92. The zero-order chi connectivity index (χ0) is 19.5. The van der Waals surface area contributed by atoms with Gasteiger partial charge >= 0.3 is 0 Å². The van der Waals surface area contributed by atoms with Crippen LogP contribution in [0.4, 0.5) is 10.3 Å². The molecule has 1 amide bonds. The molecule has 0 aromatic carbocycles. The van der Waals surface area contributed by atoms with Gasteiger partial charge in [-0.1, -0.05) is 0 Å². The van der Waals surface area contributed by atoms with Gasteiger partial charge in [0.2, 0.25) is 11.8 Å². The molecule has 10 heteroatoms. The van der Waals surface area contributed by atoms with E-state index in [2.05, 4.69) is 25.4 Å². The number of nitrogens with one attached hydrogen (secondary N) is 1. The summed E-state index contributed by atoms with van der Waals surface area (Å²) in [5.74, 6) is 0.325. The molecule has 3 aromatic rings. The van der Waals surface area contributed by atoms with E-state index in [1.807, 2.05) is 4.90 Å². The molecule has 148 valence electrons. The molecular formula is C19H18FN7O2. The lowest BCUT2D eigenvalue weighted by atomic mass is 9.89. The fourth-order valence-corrected chi connectivity index (χ4v) is 4.39. The van der Waals surface area contributed by atoms with Crippen molar-refractivity contribution >= 4 is 17.5 Å². The highest BCUT2D eigenvalue weighted by atomic mass is 19.1. The normalized spacial score (nSPS) is 25.6. The van der Waals surface area contributed by atoms with Crippen LogP contribution in [0.3, 0.4) is 0 Å². The molecule has 29 heavy (non-hydrogen) atoms. The van der Waals surface area contributed by atoms with Crippen LogP contribution < -0.4 is 15.0 Å². The summed E-state index contributed by atoms with van der Waals surface area (Å²) in [7, 11) is 0. The van der Waals surface area contributed by atoms with Crippen molar-refractivity contribution in [1.82, 2.24) is 29.9 Å². The Morgan fingerprint density at radius 1 is 1.24 bits per heavy atom. The maximum atomic E-state index is 14.1. The number of amides is 1. The van der Waals surface area contributed by atoms with Crippen molar-refractivity contribution in [1.29, 1.82) is 0 Å². The first-order valence-corrected chi connectivity index (χ1v) is 9.76. The lowest BCUT2D eigenvalue weighted by Crippen LogP contribution is -2.49. The predicted molar refractivity (Wildman–Crippen MR) is 99.2 cm³/mol. The van der Waals surface area contributed by atoms with Crippen molar-refractivity contribution in [2.75, 3.05) is 11.4 Å². The van der Waals surface area contributed by atoms with E-state index in [0.29, 0.717) is 41.4 Å². The van der Waals surface area contributed by atoms with Gasteiger partial charge in [-0.25, -0.2) is 18.9 Å². The Morgan fingerprint density at radius 3 is 3.03 bits per heavy atom. The number of carbonyl (C=O) groups excluding carboxylic acids is 1. The van der Waals surface area contributed by atoms with Gasteiger partial charge in [-0.2, -0.15) is 10.1 Å². The summed E-state index contributed by atoms with van der Waals surface area (Å²) in [4.78, 5) is 28.0. The molecule has 7 rings (SSSR count). The summed E-state index contributed by atoms with van der Waals surface area (Å²) < 4.78 is 21.7. The molecule has 0 radical (unpaired) electrons. The number of nitrogens with zero attached hydrogens (tertiary/aromatic N) is 6. The summed E-state index contributed by atoms with van der Waals surface area (Å²) >= 11 is 0. The first kappa shape index (κ1) is 16.6. The van der Waals surface area contributed by atoms with E-state index in [0.717, 1.165) is 19.4 Å². The first-order valence-electron chi connectivity index (χ1n) is 9.76. The van der Waals surface area contributed by atoms with Crippen molar-refractivity contribution < 1.29 is 13.9 Å². The van der Waals surface area contributed by atoms with E-state index in [4.69, 9.17) is 4.74 Å². The van der Waals surface area contributed by atoms with Crippen LogP contribution in [0.1, 0.15) is 47.6 Å². The van der Waals surface area contributed by atoms with Crippen LogP contribution in [0.25, 0.3) is 5.65 Å². The highest BCUT2D eigenvalue weighted by Crippen LogP contribution is 2.39. The molecule has 4 aliphatic rings. The molecule has 9 nitrogen and oxygen atoms in total. The molecule has 0 unspecified atom stereocenters. The number of anilines is 1. The van der Waals surface area contributed by atoms with Crippen LogP contribution in [0.2, 0.25) is 0 Å². The summed E-state index contributed by atoms with van der Waals surface area (Å²) in [6.45, 7) is 0.720. The highest BCUT2D eigenvalue weighted by molar-refractivity contribution is 5.99. The van der Waals surface area contributed by atoms with Gasteiger partial charge in [0.25, 0.3) is 5.91 Å². The molecule has 2 fully saturated rings. The average molecular weight is 395 g/mol. The van der Waals surface area contributed by atoms with Crippen LogP contribution in [-0.2, 0) is 0 Å². The van der Waals surface area contributed by atoms with E-state index >= 15 is 0 Å². The number of hydrogen-bond donors (Lipinski definition) is 1. The highest BCUT2D eigenvalue weighted by Gasteiger charge is 2.37. The number of halogens is 1. The van der Waals surface area contributed by atoms with E-state index in [1.54, 1.807) is 6.33 Å². The third-order valence-electron chi connectivity index (χ3n) is 5.92. The molecule has 4 bridgehead atoms. The van der Waals surface area contributed by atoms with E-state index in [9.17, 15) is 9.18 Å². The molecule has 1 N–H and O–H groups in total. The Bertz CT molecular complexity index is 1130. The number of fused-ring (bicyclic) bond motifs is 1. The topological polar surface area (TPSA) is 97.5 Å². The van der Waals surface area contributed by atoms with Crippen molar-refractivity contribution in [3.63, 3.8) is 0 Å². The van der Waals surface area contributed by atoms with Gasteiger partial charge in [0.1, 0.15) is 23.8 Å². The quantitative estimate of drug-likeness (QED) is 0.618. The first-order chi connectivity index (χ1) is 14.2. The number of carbonyl (C=O) groups is 1. The number of pyridine rings is 1. The minimum atomic E-state index is -0.395. The number of rotatable bonds is 0. The lowest BCUT2D eigenvalue weighted by molar-refractivity contribution is 0.0670. The Labute approximate surface area is 164 Å². The summed E-state index contributed by atoms with van der Waals surface area (Å²) in [5, 5.41) is 7.21. The average Bonchev–Trinajstić information content (AvgIpc) is 3.33. The van der Waals surface area contributed by atoms with Gasteiger partial charge in [0, 0.05) is 31.0 Å². The molecule has 0 spiro atoms.